The summed E-state index contributed by atoms with van der Waals surface area (Å²) in [4.78, 5) is 14.5. The number of aromatic carboxylic acids is 1. The maximum atomic E-state index is 14.2. The molecule has 0 aliphatic heterocycles. The predicted molar refractivity (Wildman–Crippen MR) is 82.5 cm³/mol. The van der Waals surface area contributed by atoms with Crippen molar-refractivity contribution in [2.24, 2.45) is 0 Å². The van der Waals surface area contributed by atoms with E-state index in [1.165, 1.54) is 24.3 Å². The predicted octanol–water partition coefficient (Wildman–Crippen LogP) is 5.03. The summed E-state index contributed by atoms with van der Waals surface area (Å²) in [6, 6.07) is 10.8. The minimum absolute atomic E-state index is 0.0161. The topological polar surface area (TPSA) is 41.7 Å². The number of fused-ring (bicyclic) bond motifs is 1. The van der Waals surface area contributed by atoms with E-state index in [9.17, 15) is 13.6 Å². The Hall–Kier alpha value is -3.26. The summed E-state index contributed by atoms with van der Waals surface area (Å²) in [5.74, 6) is -2.76. The molecule has 0 saturated carbocycles. The number of hydrogen-bond donors (Lipinski definition) is 1. The van der Waals surface area contributed by atoms with E-state index in [-0.39, 0.29) is 22.4 Å². The highest BCUT2D eigenvalue weighted by Gasteiger charge is 2.18. The monoisotopic (exact) mass is 309 g/mol. The van der Waals surface area contributed by atoms with Gasteiger partial charge in [0, 0.05) is 11.1 Å². The highest BCUT2D eigenvalue weighted by atomic mass is 19.1. The Balaban J connectivity index is 2.49. The number of nitrogens with zero attached hydrogens (tertiary/aromatic N) is 1. The molecule has 0 fully saturated rings. The van der Waals surface area contributed by atoms with E-state index in [0.29, 0.717) is 10.8 Å². The molecular formula is C18H9F2NO2. The lowest BCUT2D eigenvalue weighted by Gasteiger charge is -2.12. The van der Waals surface area contributed by atoms with E-state index in [0.717, 1.165) is 12.1 Å². The van der Waals surface area contributed by atoms with E-state index in [2.05, 4.69) is 4.85 Å². The molecule has 0 atom stereocenters. The fraction of sp³-hybridized carbons (Fsp3) is 0. The van der Waals surface area contributed by atoms with Crippen molar-refractivity contribution in [1.82, 2.24) is 0 Å². The van der Waals surface area contributed by atoms with Crippen molar-refractivity contribution in [1.29, 1.82) is 0 Å². The van der Waals surface area contributed by atoms with Crippen molar-refractivity contribution < 1.29 is 18.7 Å². The van der Waals surface area contributed by atoms with E-state index < -0.39 is 17.6 Å². The van der Waals surface area contributed by atoms with Crippen molar-refractivity contribution in [3.8, 4) is 11.1 Å². The third-order valence-electron chi connectivity index (χ3n) is 3.58. The SMILES string of the molecule is [C-]#[N+]c1ccc2ccc(C(=O)O)cc2c1-c1c(F)cccc1F. The summed E-state index contributed by atoms with van der Waals surface area (Å²) in [6.07, 6.45) is 0. The van der Waals surface area contributed by atoms with Gasteiger partial charge in [0.15, 0.2) is 5.69 Å². The Morgan fingerprint density at radius 2 is 1.65 bits per heavy atom. The number of rotatable bonds is 2. The van der Waals surface area contributed by atoms with Crippen molar-refractivity contribution in [3.05, 3.63) is 77.1 Å². The molecule has 3 aromatic rings. The fourth-order valence-corrected chi connectivity index (χ4v) is 2.53. The average Bonchev–Trinajstić information content (AvgIpc) is 2.54. The van der Waals surface area contributed by atoms with Gasteiger partial charge in [0.05, 0.1) is 12.1 Å². The molecule has 0 aliphatic carbocycles. The molecule has 23 heavy (non-hydrogen) atoms. The van der Waals surface area contributed by atoms with Crippen LogP contribution in [-0.2, 0) is 0 Å². The molecule has 0 spiro atoms. The normalized spacial score (nSPS) is 10.5. The quantitative estimate of drug-likeness (QED) is 0.674. The molecule has 0 radical (unpaired) electrons. The van der Waals surface area contributed by atoms with Gasteiger partial charge in [0.1, 0.15) is 11.6 Å². The zero-order valence-corrected chi connectivity index (χ0v) is 11.7. The van der Waals surface area contributed by atoms with Crippen LogP contribution in [0, 0.1) is 18.2 Å². The van der Waals surface area contributed by atoms with Crippen LogP contribution in [0.1, 0.15) is 10.4 Å². The average molecular weight is 309 g/mol. The van der Waals surface area contributed by atoms with Crippen LogP contribution in [0.5, 0.6) is 0 Å². The van der Waals surface area contributed by atoms with Gasteiger partial charge < -0.3 is 5.11 Å². The Morgan fingerprint density at radius 1 is 1.00 bits per heavy atom. The second kappa shape index (κ2) is 5.50. The highest BCUT2D eigenvalue weighted by Crippen LogP contribution is 2.40. The van der Waals surface area contributed by atoms with Crippen LogP contribution in [0.4, 0.5) is 14.5 Å². The van der Waals surface area contributed by atoms with Crippen molar-refractivity contribution in [3.63, 3.8) is 0 Å². The summed E-state index contributed by atoms with van der Waals surface area (Å²) in [6.45, 7) is 7.25. The number of halogens is 2. The molecule has 3 nitrogen and oxygen atoms in total. The van der Waals surface area contributed by atoms with Crippen LogP contribution in [0.3, 0.4) is 0 Å². The molecular weight excluding hydrogens is 300 g/mol. The Morgan fingerprint density at radius 3 is 2.26 bits per heavy atom. The molecule has 3 aromatic carbocycles. The lowest BCUT2D eigenvalue weighted by molar-refractivity contribution is 0.0697. The largest absolute Gasteiger partial charge is 0.478 e. The molecule has 3 rings (SSSR count). The zero-order valence-electron chi connectivity index (χ0n) is 11.7. The maximum absolute atomic E-state index is 14.2. The standard InChI is InChI=1S/C18H9F2NO2/c1-21-15-8-7-10-5-6-11(18(22)23)9-12(10)16(15)17-13(19)3-2-4-14(17)20/h2-9H,(H,22,23). The summed E-state index contributed by atoms with van der Waals surface area (Å²) in [5.41, 5.74) is -0.218. The lowest BCUT2D eigenvalue weighted by atomic mass is 9.94. The summed E-state index contributed by atoms with van der Waals surface area (Å²) >= 11 is 0. The molecule has 1 N–H and O–H groups in total. The van der Waals surface area contributed by atoms with Gasteiger partial charge in [0.25, 0.3) is 0 Å². The van der Waals surface area contributed by atoms with Crippen LogP contribution in [0.15, 0.2) is 48.5 Å². The second-order valence-corrected chi connectivity index (χ2v) is 4.91. The molecule has 5 heteroatoms. The molecule has 0 saturated heterocycles. The minimum Gasteiger partial charge on any atom is -0.478 e. The van der Waals surface area contributed by atoms with Crippen molar-refractivity contribution in [2.45, 2.75) is 0 Å². The summed E-state index contributed by atoms with van der Waals surface area (Å²) in [5, 5.41) is 10.1. The zero-order chi connectivity index (χ0) is 16.6. The first-order valence-electron chi connectivity index (χ1n) is 6.65. The minimum atomic E-state index is -1.15. The highest BCUT2D eigenvalue weighted by molar-refractivity contribution is 6.06. The van der Waals surface area contributed by atoms with Crippen LogP contribution >= 0.6 is 0 Å². The first kappa shape index (κ1) is 14.7. The third kappa shape index (κ3) is 2.40. The van der Waals surface area contributed by atoms with E-state index in [1.807, 2.05) is 0 Å². The summed E-state index contributed by atoms with van der Waals surface area (Å²) < 4.78 is 28.4. The second-order valence-electron chi connectivity index (χ2n) is 4.91. The van der Waals surface area contributed by atoms with Gasteiger partial charge in [-0.3, -0.25) is 0 Å². The number of carboxylic acids is 1. The van der Waals surface area contributed by atoms with Gasteiger partial charge in [-0.25, -0.2) is 18.4 Å². The van der Waals surface area contributed by atoms with Gasteiger partial charge in [-0.05, 0) is 35.0 Å². The van der Waals surface area contributed by atoms with E-state index >= 15 is 0 Å². The van der Waals surface area contributed by atoms with Crippen LogP contribution in [0.2, 0.25) is 0 Å². The van der Waals surface area contributed by atoms with Crippen LogP contribution in [0.25, 0.3) is 26.7 Å². The number of hydrogen-bond acceptors (Lipinski definition) is 1. The van der Waals surface area contributed by atoms with Crippen molar-refractivity contribution >= 4 is 22.4 Å². The number of carbonyl (C=O) groups is 1. The van der Waals surface area contributed by atoms with Crippen LogP contribution < -0.4 is 0 Å². The number of benzene rings is 3. The van der Waals surface area contributed by atoms with Gasteiger partial charge in [0.2, 0.25) is 0 Å². The Bertz CT molecular complexity index is 970. The molecule has 0 unspecified atom stereocenters. The maximum Gasteiger partial charge on any atom is 0.335 e. The van der Waals surface area contributed by atoms with Crippen LogP contribution in [-0.4, -0.2) is 11.1 Å². The molecule has 112 valence electrons. The van der Waals surface area contributed by atoms with E-state index in [1.54, 1.807) is 12.1 Å². The van der Waals surface area contributed by atoms with Gasteiger partial charge in [-0.1, -0.05) is 24.3 Å². The Labute approximate surface area is 130 Å². The lowest BCUT2D eigenvalue weighted by Crippen LogP contribution is -1.97. The first-order chi connectivity index (χ1) is 11.0. The summed E-state index contributed by atoms with van der Waals surface area (Å²) in [7, 11) is 0. The fourth-order valence-electron chi connectivity index (χ4n) is 2.53. The van der Waals surface area contributed by atoms with Gasteiger partial charge in [-0.15, -0.1) is 0 Å². The molecule has 0 heterocycles. The molecule has 0 aliphatic rings. The molecule has 0 aromatic heterocycles. The van der Waals surface area contributed by atoms with E-state index in [4.69, 9.17) is 11.7 Å². The third-order valence-corrected chi connectivity index (χ3v) is 3.58. The van der Waals surface area contributed by atoms with Gasteiger partial charge in [-0.2, -0.15) is 0 Å². The van der Waals surface area contributed by atoms with Gasteiger partial charge >= 0.3 is 5.97 Å². The Kier molecular flexibility index (Phi) is 3.51. The number of carboxylic acid groups (broad SMARTS) is 1. The molecule has 0 bridgehead atoms. The smallest absolute Gasteiger partial charge is 0.335 e. The molecule has 0 amide bonds. The van der Waals surface area contributed by atoms with Crippen molar-refractivity contribution in [2.75, 3.05) is 0 Å². The first-order valence-corrected chi connectivity index (χ1v) is 6.65.